The Bertz CT molecular complexity index is 903. The van der Waals surface area contributed by atoms with Crippen molar-refractivity contribution < 1.29 is 14.3 Å². The number of nitrogens with zero attached hydrogens (tertiary/aromatic N) is 2. The number of esters is 1. The molecule has 0 atom stereocenters. The number of fused-ring (bicyclic) bond motifs is 1. The minimum Gasteiger partial charge on any atom is -0.461 e. The van der Waals surface area contributed by atoms with Crippen molar-refractivity contribution in [3.63, 3.8) is 0 Å². The van der Waals surface area contributed by atoms with Crippen molar-refractivity contribution in [1.29, 1.82) is 0 Å². The third-order valence-corrected chi connectivity index (χ3v) is 4.06. The van der Waals surface area contributed by atoms with Gasteiger partial charge >= 0.3 is 5.97 Å². The first kappa shape index (κ1) is 16.4. The summed E-state index contributed by atoms with van der Waals surface area (Å²) in [5.74, 6) is -0.589. The highest BCUT2D eigenvalue weighted by molar-refractivity contribution is 14.1. The normalized spacial score (nSPS) is 10.6. The highest BCUT2D eigenvalue weighted by Gasteiger charge is 2.22. The highest BCUT2D eigenvalue weighted by atomic mass is 127. The van der Waals surface area contributed by atoms with Crippen LogP contribution in [-0.2, 0) is 4.74 Å². The molecule has 7 heteroatoms. The van der Waals surface area contributed by atoms with Gasteiger partial charge in [0.15, 0.2) is 11.5 Å². The molecular formula is C17H14IN3O3. The van der Waals surface area contributed by atoms with Crippen LogP contribution in [0.2, 0.25) is 0 Å². The standard InChI is InChI=1S/C17H14IN3O3/c1-2-24-17(23)14-15(21-10-4-3-5-13(21)19-14)20-16(22)11-6-8-12(18)9-7-11/h3-10H,2H2,1H3,(H,20,22). The fraction of sp³-hybridized carbons (Fsp3) is 0.118. The number of ether oxygens (including phenoxy) is 1. The van der Waals surface area contributed by atoms with Crippen molar-refractivity contribution in [2.75, 3.05) is 11.9 Å². The molecule has 0 saturated heterocycles. The van der Waals surface area contributed by atoms with Crippen LogP contribution in [0.1, 0.15) is 27.8 Å². The Kier molecular flexibility index (Phi) is 4.79. The van der Waals surface area contributed by atoms with Crippen LogP contribution in [-0.4, -0.2) is 27.9 Å². The van der Waals surface area contributed by atoms with Crippen LogP contribution >= 0.6 is 22.6 Å². The minimum absolute atomic E-state index is 0.0851. The molecule has 122 valence electrons. The summed E-state index contributed by atoms with van der Waals surface area (Å²) in [6.07, 6.45) is 1.73. The fourth-order valence-corrected chi connectivity index (χ4v) is 2.60. The Morgan fingerprint density at radius 2 is 1.96 bits per heavy atom. The maximum atomic E-state index is 12.5. The number of anilines is 1. The largest absolute Gasteiger partial charge is 0.461 e. The lowest BCUT2D eigenvalue weighted by molar-refractivity contribution is 0.0521. The Morgan fingerprint density at radius 3 is 2.67 bits per heavy atom. The van der Waals surface area contributed by atoms with Gasteiger partial charge in [-0.3, -0.25) is 9.20 Å². The van der Waals surface area contributed by atoms with E-state index in [2.05, 4.69) is 32.9 Å². The van der Waals surface area contributed by atoms with Gasteiger partial charge in [0.05, 0.1) is 6.61 Å². The van der Waals surface area contributed by atoms with Crippen molar-refractivity contribution in [1.82, 2.24) is 9.38 Å². The second-order valence-corrected chi connectivity index (χ2v) is 6.16. The number of benzene rings is 1. The number of nitrogens with one attached hydrogen (secondary N) is 1. The average Bonchev–Trinajstić information content (AvgIpc) is 2.94. The Balaban J connectivity index is 2.00. The van der Waals surface area contributed by atoms with Gasteiger partial charge in [-0.1, -0.05) is 6.07 Å². The molecule has 3 aromatic rings. The van der Waals surface area contributed by atoms with Crippen LogP contribution in [0.15, 0.2) is 48.7 Å². The van der Waals surface area contributed by atoms with Crippen LogP contribution < -0.4 is 5.32 Å². The summed E-state index contributed by atoms with van der Waals surface area (Å²) in [6.45, 7) is 1.95. The molecule has 0 unspecified atom stereocenters. The topological polar surface area (TPSA) is 72.7 Å². The van der Waals surface area contributed by atoms with E-state index in [4.69, 9.17) is 4.74 Å². The van der Waals surface area contributed by atoms with Gasteiger partial charge in [0.25, 0.3) is 5.91 Å². The van der Waals surface area contributed by atoms with Crippen LogP contribution in [0.25, 0.3) is 5.65 Å². The molecule has 0 fully saturated rings. The van der Waals surface area contributed by atoms with Crippen LogP contribution in [0.5, 0.6) is 0 Å². The first-order chi connectivity index (χ1) is 11.6. The first-order valence-electron chi connectivity index (χ1n) is 7.31. The van der Waals surface area contributed by atoms with Crippen molar-refractivity contribution in [3.8, 4) is 0 Å². The predicted octanol–water partition coefficient (Wildman–Crippen LogP) is 3.37. The number of hydrogen-bond donors (Lipinski definition) is 1. The number of aromatic nitrogens is 2. The summed E-state index contributed by atoms with van der Waals surface area (Å²) in [5.41, 5.74) is 1.14. The van der Waals surface area contributed by atoms with Crippen molar-refractivity contribution >= 4 is 45.9 Å². The van der Waals surface area contributed by atoms with Crippen LogP contribution in [0, 0.1) is 3.57 Å². The minimum atomic E-state index is -0.570. The highest BCUT2D eigenvalue weighted by Crippen LogP contribution is 2.20. The van der Waals surface area contributed by atoms with Crippen molar-refractivity contribution in [2.45, 2.75) is 6.92 Å². The SMILES string of the molecule is CCOC(=O)c1nc2ccccn2c1NC(=O)c1ccc(I)cc1. The number of pyridine rings is 1. The molecule has 24 heavy (non-hydrogen) atoms. The number of imidazole rings is 1. The molecule has 1 N–H and O–H groups in total. The number of carbonyl (C=O) groups is 2. The lowest BCUT2D eigenvalue weighted by Gasteiger charge is -2.07. The summed E-state index contributed by atoms with van der Waals surface area (Å²) in [5, 5.41) is 2.77. The Labute approximate surface area is 152 Å². The van der Waals surface area contributed by atoms with E-state index in [1.807, 2.05) is 18.2 Å². The van der Waals surface area contributed by atoms with E-state index in [1.165, 1.54) is 0 Å². The van der Waals surface area contributed by atoms with Gasteiger partial charge in [-0.15, -0.1) is 0 Å². The third-order valence-electron chi connectivity index (χ3n) is 3.34. The van der Waals surface area contributed by atoms with E-state index in [0.29, 0.717) is 17.0 Å². The Morgan fingerprint density at radius 1 is 1.21 bits per heavy atom. The fourth-order valence-electron chi connectivity index (χ4n) is 2.24. The van der Waals surface area contributed by atoms with Gasteiger partial charge in [-0.05, 0) is 65.9 Å². The number of carbonyl (C=O) groups excluding carboxylic acids is 2. The second kappa shape index (κ2) is 7.00. The van der Waals surface area contributed by atoms with Gasteiger partial charge in [-0.2, -0.15) is 0 Å². The smallest absolute Gasteiger partial charge is 0.360 e. The van der Waals surface area contributed by atoms with E-state index >= 15 is 0 Å². The monoisotopic (exact) mass is 435 g/mol. The van der Waals surface area contributed by atoms with Gasteiger partial charge in [0, 0.05) is 15.3 Å². The molecule has 1 aromatic carbocycles. The lowest BCUT2D eigenvalue weighted by Crippen LogP contribution is -2.17. The predicted molar refractivity (Wildman–Crippen MR) is 98.3 cm³/mol. The first-order valence-corrected chi connectivity index (χ1v) is 8.39. The van der Waals surface area contributed by atoms with Gasteiger partial charge in [0.1, 0.15) is 5.65 Å². The van der Waals surface area contributed by atoms with E-state index in [9.17, 15) is 9.59 Å². The number of hydrogen-bond acceptors (Lipinski definition) is 4. The zero-order chi connectivity index (χ0) is 17.1. The molecule has 0 aliphatic carbocycles. The maximum Gasteiger partial charge on any atom is 0.360 e. The number of halogens is 1. The van der Waals surface area contributed by atoms with Gasteiger partial charge in [0.2, 0.25) is 0 Å². The molecule has 0 aliphatic heterocycles. The molecule has 2 heterocycles. The molecule has 3 rings (SSSR count). The summed E-state index contributed by atoms with van der Waals surface area (Å²) in [4.78, 5) is 28.9. The zero-order valence-electron chi connectivity index (χ0n) is 12.8. The quantitative estimate of drug-likeness (QED) is 0.504. The average molecular weight is 435 g/mol. The van der Waals surface area contributed by atoms with Crippen LogP contribution in [0.4, 0.5) is 5.82 Å². The molecule has 6 nitrogen and oxygen atoms in total. The summed E-state index contributed by atoms with van der Waals surface area (Å²) in [6, 6.07) is 12.5. The molecule has 0 aliphatic rings. The summed E-state index contributed by atoms with van der Waals surface area (Å²) >= 11 is 2.17. The van der Waals surface area contributed by atoms with Gasteiger partial charge in [-0.25, -0.2) is 9.78 Å². The summed E-state index contributed by atoms with van der Waals surface area (Å²) in [7, 11) is 0. The lowest BCUT2D eigenvalue weighted by atomic mass is 10.2. The van der Waals surface area contributed by atoms with E-state index < -0.39 is 5.97 Å². The maximum absolute atomic E-state index is 12.5. The van der Waals surface area contributed by atoms with Crippen LogP contribution in [0.3, 0.4) is 0 Å². The third kappa shape index (κ3) is 3.25. The molecular weight excluding hydrogens is 421 g/mol. The van der Waals surface area contributed by atoms with E-state index in [-0.39, 0.29) is 18.2 Å². The van der Waals surface area contributed by atoms with Gasteiger partial charge < -0.3 is 10.1 Å². The zero-order valence-corrected chi connectivity index (χ0v) is 15.0. The molecule has 1 amide bonds. The van der Waals surface area contributed by atoms with Crippen molar-refractivity contribution in [3.05, 3.63) is 63.5 Å². The molecule has 0 spiro atoms. The number of rotatable bonds is 4. The summed E-state index contributed by atoms with van der Waals surface area (Å²) < 4.78 is 7.72. The molecule has 0 radical (unpaired) electrons. The van der Waals surface area contributed by atoms with Crippen molar-refractivity contribution in [2.24, 2.45) is 0 Å². The second-order valence-electron chi connectivity index (χ2n) is 4.92. The number of amides is 1. The molecule has 0 saturated carbocycles. The molecule has 0 bridgehead atoms. The van der Waals surface area contributed by atoms with E-state index in [1.54, 1.807) is 41.8 Å². The van der Waals surface area contributed by atoms with E-state index in [0.717, 1.165) is 3.57 Å². The Hall–Kier alpha value is -2.42. The molecule has 2 aromatic heterocycles.